The highest BCUT2D eigenvalue weighted by Gasteiger charge is 2.39. The number of aliphatic hydroxyl groups excluding tert-OH is 1. The zero-order valence-corrected chi connectivity index (χ0v) is 7.76. The second kappa shape index (κ2) is 4.61. The highest BCUT2D eigenvalue weighted by atomic mass is 19.4. The first-order chi connectivity index (χ1) is 6.95. The molecule has 1 rings (SSSR count). The maximum atomic E-state index is 12.5. The van der Waals surface area contributed by atoms with Crippen LogP contribution in [-0.4, -0.2) is 17.9 Å². The zero-order chi connectivity index (χ0) is 11.5. The van der Waals surface area contributed by atoms with Crippen molar-refractivity contribution < 1.29 is 22.7 Å². The van der Waals surface area contributed by atoms with Crippen molar-refractivity contribution in [2.24, 2.45) is 0 Å². The van der Waals surface area contributed by atoms with Crippen molar-refractivity contribution in [2.45, 2.75) is 18.5 Å². The number of aliphatic hydroxyl groups is 1. The van der Waals surface area contributed by atoms with Crippen LogP contribution in [0.25, 0.3) is 0 Å². The van der Waals surface area contributed by atoms with E-state index in [-0.39, 0.29) is 5.56 Å². The molecule has 1 nitrogen and oxygen atoms in total. The van der Waals surface area contributed by atoms with Gasteiger partial charge in [-0.3, -0.25) is 0 Å². The van der Waals surface area contributed by atoms with Crippen LogP contribution in [0.5, 0.6) is 0 Å². The van der Waals surface area contributed by atoms with Crippen LogP contribution in [0.4, 0.5) is 17.6 Å². The summed E-state index contributed by atoms with van der Waals surface area (Å²) < 4.78 is 50.0. The third kappa shape index (κ3) is 3.20. The van der Waals surface area contributed by atoms with E-state index in [2.05, 4.69) is 0 Å². The van der Waals surface area contributed by atoms with E-state index in [1.807, 2.05) is 0 Å². The highest BCUT2D eigenvalue weighted by Crippen LogP contribution is 2.37. The van der Waals surface area contributed by atoms with Gasteiger partial charge in [-0.15, -0.1) is 0 Å². The second-order valence-electron chi connectivity index (χ2n) is 3.16. The molecule has 1 aromatic rings. The maximum absolute atomic E-state index is 12.5. The Morgan fingerprint density at radius 3 is 2.07 bits per heavy atom. The molecular formula is C10H10F4O. The summed E-state index contributed by atoms with van der Waals surface area (Å²) in [6.45, 7) is -0.554. The Labute approximate surface area is 84.3 Å². The lowest BCUT2D eigenvalue weighted by Gasteiger charge is -2.19. The first-order valence-corrected chi connectivity index (χ1v) is 4.38. The third-order valence-electron chi connectivity index (χ3n) is 2.09. The minimum atomic E-state index is -4.42. The van der Waals surface area contributed by atoms with Gasteiger partial charge >= 0.3 is 6.18 Å². The van der Waals surface area contributed by atoms with Gasteiger partial charge in [0.1, 0.15) is 5.82 Å². The van der Waals surface area contributed by atoms with Gasteiger partial charge in [0.25, 0.3) is 0 Å². The van der Waals surface area contributed by atoms with Crippen molar-refractivity contribution in [3.05, 3.63) is 35.6 Å². The van der Waals surface area contributed by atoms with Gasteiger partial charge in [0.2, 0.25) is 0 Å². The van der Waals surface area contributed by atoms with Crippen LogP contribution in [0.2, 0.25) is 0 Å². The number of hydrogen-bond donors (Lipinski definition) is 1. The van der Waals surface area contributed by atoms with Gasteiger partial charge in [-0.05, 0) is 24.1 Å². The summed E-state index contributed by atoms with van der Waals surface area (Å²) in [6, 6.07) is 4.13. The molecule has 15 heavy (non-hydrogen) atoms. The Hall–Kier alpha value is -1.10. The van der Waals surface area contributed by atoms with Crippen LogP contribution in [0.3, 0.4) is 0 Å². The molecule has 0 aliphatic carbocycles. The summed E-state index contributed by atoms with van der Waals surface area (Å²) >= 11 is 0. The van der Waals surface area contributed by atoms with Crippen molar-refractivity contribution in [1.82, 2.24) is 0 Å². The summed E-state index contributed by atoms with van der Waals surface area (Å²) in [5.74, 6) is -2.31. The molecule has 1 aromatic carbocycles. The van der Waals surface area contributed by atoms with Crippen LogP contribution in [0, 0.1) is 5.82 Å². The Bertz CT molecular complexity index is 304. The molecule has 1 atom stereocenters. The molecule has 0 bridgehead atoms. The lowest BCUT2D eigenvalue weighted by molar-refractivity contribution is -0.153. The highest BCUT2D eigenvalue weighted by molar-refractivity contribution is 5.21. The van der Waals surface area contributed by atoms with Crippen molar-refractivity contribution in [3.63, 3.8) is 0 Å². The molecule has 0 saturated heterocycles. The summed E-state index contributed by atoms with van der Waals surface area (Å²) in [6.07, 6.45) is -4.82. The molecule has 84 valence electrons. The van der Waals surface area contributed by atoms with Crippen LogP contribution in [0.15, 0.2) is 24.3 Å². The monoisotopic (exact) mass is 222 g/mol. The smallest absolute Gasteiger partial charge is 0.395 e. The zero-order valence-electron chi connectivity index (χ0n) is 7.76. The molecule has 5 heteroatoms. The molecule has 0 aliphatic heterocycles. The van der Waals surface area contributed by atoms with Gasteiger partial charge in [-0.25, -0.2) is 4.39 Å². The average molecular weight is 222 g/mol. The van der Waals surface area contributed by atoms with Gasteiger partial charge in [-0.1, -0.05) is 12.1 Å². The van der Waals surface area contributed by atoms with Gasteiger partial charge < -0.3 is 5.11 Å². The molecule has 0 amide bonds. The van der Waals surface area contributed by atoms with E-state index in [1.54, 1.807) is 0 Å². The first kappa shape index (κ1) is 12.0. The van der Waals surface area contributed by atoms with Crippen LogP contribution < -0.4 is 0 Å². The minimum Gasteiger partial charge on any atom is -0.396 e. The van der Waals surface area contributed by atoms with E-state index >= 15 is 0 Å². The fourth-order valence-electron chi connectivity index (χ4n) is 1.34. The SMILES string of the molecule is OCCC(c1ccc(F)cc1)C(F)(F)F. The molecule has 0 aromatic heterocycles. The molecule has 0 spiro atoms. The predicted octanol–water partition coefficient (Wildman–Crippen LogP) is 2.85. The summed E-state index contributed by atoms with van der Waals surface area (Å²) in [4.78, 5) is 0. The Kier molecular flexibility index (Phi) is 3.68. The van der Waals surface area contributed by atoms with E-state index in [9.17, 15) is 17.6 Å². The van der Waals surface area contributed by atoms with E-state index in [0.29, 0.717) is 0 Å². The number of hydrogen-bond acceptors (Lipinski definition) is 1. The quantitative estimate of drug-likeness (QED) is 0.779. The summed E-state index contributed by atoms with van der Waals surface area (Å²) in [5, 5.41) is 8.54. The van der Waals surface area contributed by atoms with Crippen molar-refractivity contribution >= 4 is 0 Å². The van der Waals surface area contributed by atoms with E-state index in [4.69, 9.17) is 5.11 Å². The molecule has 1 unspecified atom stereocenters. The van der Waals surface area contributed by atoms with E-state index in [0.717, 1.165) is 24.3 Å². The van der Waals surface area contributed by atoms with Crippen molar-refractivity contribution in [3.8, 4) is 0 Å². The summed E-state index contributed by atoms with van der Waals surface area (Å²) in [5.41, 5.74) is -0.0297. The molecular weight excluding hydrogens is 212 g/mol. The maximum Gasteiger partial charge on any atom is 0.395 e. The van der Waals surface area contributed by atoms with Crippen LogP contribution in [-0.2, 0) is 0 Å². The Morgan fingerprint density at radius 2 is 1.67 bits per heavy atom. The molecule has 0 fully saturated rings. The van der Waals surface area contributed by atoms with Crippen molar-refractivity contribution in [1.29, 1.82) is 0 Å². The fourth-order valence-corrected chi connectivity index (χ4v) is 1.34. The normalized spacial score (nSPS) is 13.9. The average Bonchev–Trinajstić information content (AvgIpc) is 2.14. The molecule has 0 heterocycles. The topological polar surface area (TPSA) is 20.2 Å². The molecule has 1 N–H and O–H groups in total. The third-order valence-corrected chi connectivity index (χ3v) is 2.09. The van der Waals surface area contributed by atoms with Crippen LogP contribution >= 0.6 is 0 Å². The number of halogens is 4. The lowest BCUT2D eigenvalue weighted by Crippen LogP contribution is -2.21. The minimum absolute atomic E-state index is 0.0297. The second-order valence-corrected chi connectivity index (χ2v) is 3.16. The Morgan fingerprint density at radius 1 is 1.13 bits per heavy atom. The van der Waals surface area contributed by atoms with Crippen molar-refractivity contribution in [2.75, 3.05) is 6.61 Å². The van der Waals surface area contributed by atoms with E-state index < -0.39 is 30.9 Å². The lowest BCUT2D eigenvalue weighted by atomic mass is 9.95. The summed E-state index contributed by atoms with van der Waals surface area (Å²) in [7, 11) is 0. The van der Waals surface area contributed by atoms with Gasteiger partial charge in [0.05, 0.1) is 5.92 Å². The predicted molar refractivity (Wildman–Crippen MR) is 46.9 cm³/mol. The van der Waals surface area contributed by atoms with Gasteiger partial charge in [-0.2, -0.15) is 13.2 Å². The van der Waals surface area contributed by atoms with Crippen LogP contribution in [0.1, 0.15) is 17.9 Å². The number of rotatable bonds is 3. The first-order valence-electron chi connectivity index (χ1n) is 4.38. The fraction of sp³-hybridized carbons (Fsp3) is 0.400. The molecule has 0 aliphatic rings. The standard InChI is InChI=1S/C10H10F4O/c11-8-3-1-7(2-4-8)9(5-6-15)10(12,13)14/h1-4,9,15H,5-6H2. The Balaban J connectivity index is 2.94. The number of alkyl halides is 3. The molecule has 0 radical (unpaired) electrons. The van der Waals surface area contributed by atoms with Gasteiger partial charge in [0, 0.05) is 6.61 Å². The van der Waals surface area contributed by atoms with Gasteiger partial charge in [0.15, 0.2) is 0 Å². The largest absolute Gasteiger partial charge is 0.396 e. The number of benzene rings is 1. The van der Waals surface area contributed by atoms with E-state index in [1.165, 1.54) is 0 Å². The molecule has 0 saturated carbocycles.